The number of fused-ring (bicyclic) bond motifs is 3. The molecule has 5 rings (SSSR count). The van der Waals surface area contributed by atoms with Crippen LogP contribution in [0.5, 0.6) is 0 Å². The van der Waals surface area contributed by atoms with Crippen molar-refractivity contribution in [2.24, 2.45) is 0 Å². The monoisotopic (exact) mass is 846 g/mol. The molecule has 2 atom stereocenters. The Balaban J connectivity index is 0.000000338. The third kappa shape index (κ3) is 11.5. The third-order valence-electron chi connectivity index (χ3n) is 6.94. The second-order valence-electron chi connectivity index (χ2n) is 11.2. The van der Waals surface area contributed by atoms with Crippen LogP contribution < -0.4 is 11.1 Å². The van der Waals surface area contributed by atoms with Gasteiger partial charge in [0.05, 0.1) is 21.2 Å². The first-order valence-corrected chi connectivity index (χ1v) is 14.9. The first kappa shape index (κ1) is 42.2. The second-order valence-corrected chi connectivity index (χ2v) is 12.3. The number of carboxylic acids is 3. The summed E-state index contributed by atoms with van der Waals surface area (Å²) in [6, 6.07) is 4.99. The van der Waals surface area contributed by atoms with Gasteiger partial charge in [0, 0.05) is 35.3 Å². The van der Waals surface area contributed by atoms with Gasteiger partial charge in [-0.15, -0.1) is 0 Å². The van der Waals surface area contributed by atoms with E-state index < -0.39 is 42.0 Å². The lowest BCUT2D eigenvalue weighted by Gasteiger charge is -2.29. The minimum Gasteiger partial charge on any atom is -0.475 e. The van der Waals surface area contributed by atoms with Gasteiger partial charge >= 0.3 is 36.4 Å². The molecule has 7 N–H and O–H groups in total. The van der Waals surface area contributed by atoms with E-state index in [0.29, 0.717) is 29.5 Å². The highest BCUT2D eigenvalue weighted by atomic mass is 127. The Morgan fingerprint density at radius 1 is 0.860 bits per heavy atom. The largest absolute Gasteiger partial charge is 0.490 e. The van der Waals surface area contributed by atoms with Crippen LogP contribution in [-0.2, 0) is 20.0 Å². The first-order valence-electron chi connectivity index (χ1n) is 13.8. The molecule has 0 spiro atoms. The van der Waals surface area contributed by atoms with Crippen molar-refractivity contribution in [3.05, 3.63) is 39.5 Å². The molecule has 50 heavy (non-hydrogen) atoms. The summed E-state index contributed by atoms with van der Waals surface area (Å²) in [4.78, 5) is 36.2. The number of pyridine rings is 1. The number of rotatable bonds is 3. The van der Waals surface area contributed by atoms with Crippen molar-refractivity contribution in [3.8, 4) is 11.1 Å². The molecular weight excluding hydrogens is 818 g/mol. The summed E-state index contributed by atoms with van der Waals surface area (Å²) in [6.45, 7) is 3.46. The fourth-order valence-electron chi connectivity index (χ4n) is 4.68. The zero-order chi connectivity index (χ0) is 38.6. The quantitative estimate of drug-likeness (QED) is 0.150. The lowest BCUT2D eigenvalue weighted by Crippen LogP contribution is -2.37. The van der Waals surface area contributed by atoms with E-state index in [2.05, 4.69) is 38.0 Å². The molecule has 278 valence electrons. The van der Waals surface area contributed by atoms with Crippen LogP contribution in [0.25, 0.3) is 16.8 Å². The molecular formula is C27H28F9IN6O7. The molecule has 2 bridgehead atoms. The lowest BCUT2D eigenvalue weighted by molar-refractivity contribution is -0.193. The van der Waals surface area contributed by atoms with E-state index in [1.54, 1.807) is 30.8 Å². The molecule has 13 nitrogen and oxygen atoms in total. The fourth-order valence-corrected chi connectivity index (χ4v) is 5.47. The zero-order valence-corrected chi connectivity index (χ0v) is 27.7. The van der Waals surface area contributed by atoms with Crippen molar-refractivity contribution in [3.63, 3.8) is 0 Å². The van der Waals surface area contributed by atoms with E-state index in [4.69, 9.17) is 40.4 Å². The second kappa shape index (κ2) is 15.9. The lowest BCUT2D eigenvalue weighted by atomic mass is 9.89. The molecule has 0 aliphatic carbocycles. The minimum atomic E-state index is -5.08. The maximum Gasteiger partial charge on any atom is 0.490 e. The number of aromatic nitrogens is 4. The SMILES string of the molecule is CC(C)(O)c1ccc(-c2cnn3c(N)c(I)c(C4CC5CCC(C4)N5)nc23)cn1.O=C(O)C(F)(F)F.O=C(O)C(F)(F)F.O=C(O)C(F)(F)F. The van der Waals surface area contributed by atoms with Gasteiger partial charge in [0.15, 0.2) is 5.65 Å². The predicted octanol–water partition coefficient (Wildman–Crippen LogP) is 5.10. The summed E-state index contributed by atoms with van der Waals surface area (Å²) >= 11 is 2.32. The standard InChI is InChI=1S/C21H25IN6O.3C2HF3O2/c1-21(2,29)16-6-3-11(9-24-16)15-10-25-28-19(23)17(22)18(27-20(15)28)12-7-13-4-5-14(8-12)26-13;3*3-2(4,5)1(6)7/h3,6,9-10,12-14,26,29H,4-5,7-8,23H2,1-2H3;3*(H,6,7). The number of piperidine rings is 1. The number of hydrogen-bond donors (Lipinski definition) is 6. The number of anilines is 1. The van der Waals surface area contributed by atoms with Crippen LogP contribution in [0, 0.1) is 3.57 Å². The molecule has 2 unspecified atom stereocenters. The van der Waals surface area contributed by atoms with Crippen LogP contribution in [0.1, 0.15) is 56.8 Å². The summed E-state index contributed by atoms with van der Waals surface area (Å²) in [5.74, 6) is -7.21. The molecule has 2 aliphatic heterocycles. The summed E-state index contributed by atoms with van der Waals surface area (Å²) in [6.07, 6.45) is -6.95. The molecule has 0 radical (unpaired) electrons. The van der Waals surface area contributed by atoms with Gasteiger partial charge in [0.1, 0.15) is 11.4 Å². The molecule has 2 fully saturated rings. The number of alkyl halides is 9. The molecule has 2 aliphatic rings. The van der Waals surface area contributed by atoms with E-state index >= 15 is 0 Å². The predicted molar refractivity (Wildman–Crippen MR) is 162 cm³/mol. The highest BCUT2D eigenvalue weighted by molar-refractivity contribution is 14.1. The van der Waals surface area contributed by atoms with Crippen LogP contribution in [0.2, 0.25) is 0 Å². The normalized spacial score (nSPS) is 18.9. The van der Waals surface area contributed by atoms with Gasteiger partial charge in [-0.2, -0.15) is 49.1 Å². The van der Waals surface area contributed by atoms with E-state index in [-0.39, 0.29) is 0 Å². The Morgan fingerprint density at radius 3 is 1.66 bits per heavy atom. The number of nitrogens with one attached hydrogen (secondary N) is 1. The van der Waals surface area contributed by atoms with Gasteiger partial charge in [-0.25, -0.2) is 19.4 Å². The van der Waals surface area contributed by atoms with Crippen LogP contribution in [0.3, 0.4) is 0 Å². The van der Waals surface area contributed by atoms with Crippen LogP contribution in [0.4, 0.5) is 45.3 Å². The maximum absolute atomic E-state index is 10.6. The van der Waals surface area contributed by atoms with Gasteiger partial charge < -0.3 is 31.5 Å². The number of aliphatic carboxylic acids is 3. The van der Waals surface area contributed by atoms with Gasteiger partial charge in [-0.3, -0.25) is 4.98 Å². The minimum absolute atomic E-state index is 0.423. The smallest absolute Gasteiger partial charge is 0.475 e. The number of hydrogen-bond acceptors (Lipinski definition) is 9. The van der Waals surface area contributed by atoms with E-state index in [9.17, 15) is 44.6 Å². The molecule has 3 aromatic rings. The number of carboxylic acid groups (broad SMARTS) is 3. The number of nitrogens with zero attached hydrogens (tertiary/aromatic N) is 4. The first-order chi connectivity index (χ1) is 22.6. The molecule has 2 saturated heterocycles. The highest BCUT2D eigenvalue weighted by Crippen LogP contribution is 2.40. The Morgan fingerprint density at radius 2 is 1.30 bits per heavy atom. The summed E-state index contributed by atoms with van der Waals surface area (Å²) in [5.41, 5.74) is 9.81. The number of nitrogens with two attached hydrogens (primary N) is 1. The van der Waals surface area contributed by atoms with Crippen molar-refractivity contribution < 1.29 is 74.3 Å². The third-order valence-corrected chi connectivity index (χ3v) is 8.04. The van der Waals surface area contributed by atoms with Crippen molar-refractivity contribution in [1.29, 1.82) is 0 Å². The van der Waals surface area contributed by atoms with Crippen LogP contribution in [0.15, 0.2) is 24.5 Å². The average Bonchev–Trinajstić information content (AvgIpc) is 3.56. The molecule has 0 aromatic carbocycles. The van der Waals surface area contributed by atoms with Crippen molar-refractivity contribution in [1.82, 2.24) is 24.9 Å². The van der Waals surface area contributed by atoms with E-state index in [0.717, 1.165) is 38.9 Å². The number of carbonyl (C=O) groups is 3. The maximum atomic E-state index is 10.6. The van der Waals surface area contributed by atoms with Gasteiger partial charge in [-0.05, 0) is 68.2 Å². The van der Waals surface area contributed by atoms with Crippen molar-refractivity contribution in [2.75, 3.05) is 5.73 Å². The Bertz CT molecular complexity index is 1610. The molecule has 0 saturated carbocycles. The van der Waals surface area contributed by atoms with Gasteiger partial charge in [-0.1, -0.05) is 6.07 Å². The Kier molecular flexibility index (Phi) is 13.4. The van der Waals surface area contributed by atoms with E-state index in [1.165, 1.54) is 12.8 Å². The summed E-state index contributed by atoms with van der Waals surface area (Å²) in [5, 5.41) is 39.7. The van der Waals surface area contributed by atoms with Gasteiger partial charge in [0.2, 0.25) is 0 Å². The molecule has 5 heterocycles. The van der Waals surface area contributed by atoms with Crippen molar-refractivity contribution >= 4 is 52.0 Å². The zero-order valence-electron chi connectivity index (χ0n) is 25.5. The van der Waals surface area contributed by atoms with Crippen LogP contribution >= 0.6 is 22.6 Å². The number of aliphatic hydroxyl groups is 1. The van der Waals surface area contributed by atoms with Crippen molar-refractivity contribution in [2.45, 2.75) is 81.7 Å². The summed E-state index contributed by atoms with van der Waals surface area (Å²) < 4.78 is 97.9. The fraction of sp³-hybridized carbons (Fsp3) is 0.481. The Labute approximate surface area is 288 Å². The van der Waals surface area contributed by atoms with Gasteiger partial charge in [0.25, 0.3) is 0 Å². The highest BCUT2D eigenvalue weighted by Gasteiger charge is 2.40. The average molecular weight is 846 g/mol. The summed E-state index contributed by atoms with van der Waals surface area (Å²) in [7, 11) is 0. The Hall–Kier alpha value is -4.00. The number of halogens is 10. The molecule has 23 heteroatoms. The topological polar surface area (TPSA) is 213 Å². The number of nitrogen functional groups attached to an aromatic ring is 1. The molecule has 3 aromatic heterocycles. The molecule has 0 amide bonds. The van der Waals surface area contributed by atoms with Crippen LogP contribution in [-0.4, -0.2) is 88.5 Å². The van der Waals surface area contributed by atoms with E-state index in [1.807, 2.05) is 12.1 Å².